The van der Waals surface area contributed by atoms with Crippen LogP contribution in [0.1, 0.15) is 45.5 Å². The van der Waals surface area contributed by atoms with Crippen LogP contribution in [0.25, 0.3) is 0 Å². The summed E-state index contributed by atoms with van der Waals surface area (Å²) in [6.45, 7) is 8.69. The summed E-state index contributed by atoms with van der Waals surface area (Å²) >= 11 is 1.26. The van der Waals surface area contributed by atoms with E-state index in [0.29, 0.717) is 23.5 Å². The van der Waals surface area contributed by atoms with Gasteiger partial charge in [-0.3, -0.25) is 9.59 Å². The number of hydrogen-bond donors (Lipinski definition) is 3. The number of hydrogen-bond acceptors (Lipinski definition) is 8. The van der Waals surface area contributed by atoms with Crippen LogP contribution in [0, 0.1) is 12.3 Å². The monoisotopic (exact) mass is 396 g/mol. The second-order valence-electron chi connectivity index (χ2n) is 7.02. The number of nitrogens with one attached hydrogen (secondary N) is 1. The molecule has 0 aromatic carbocycles. The summed E-state index contributed by atoms with van der Waals surface area (Å²) < 4.78 is 5.22. The Balaban J connectivity index is 2.70. The average Bonchev–Trinajstić information content (AvgIpc) is 2.55. The number of aliphatic hydroxyl groups excluding tert-OH is 1. The molecule has 27 heavy (non-hydrogen) atoms. The molecule has 0 unspecified atom stereocenters. The van der Waals surface area contributed by atoms with E-state index in [1.807, 2.05) is 0 Å². The second kappa shape index (κ2) is 10.3. The first kappa shape index (κ1) is 22.9. The molecule has 1 aromatic rings. The molecule has 0 aliphatic heterocycles. The third-order valence-corrected chi connectivity index (χ3v) is 4.58. The predicted octanol–water partition coefficient (Wildman–Crippen LogP) is 1.92. The average molecular weight is 397 g/mol. The summed E-state index contributed by atoms with van der Waals surface area (Å²) in [5.74, 6) is 0.346. The normalized spacial score (nSPS) is 12.4. The number of nitrogens with two attached hydrogens (primary N) is 1. The predicted molar refractivity (Wildman–Crippen MR) is 105 cm³/mol. The first-order valence-corrected chi connectivity index (χ1v) is 9.51. The van der Waals surface area contributed by atoms with Crippen molar-refractivity contribution in [2.24, 2.45) is 5.41 Å². The maximum atomic E-state index is 12.3. The lowest BCUT2D eigenvalue weighted by molar-refractivity contribution is -0.150. The zero-order valence-corrected chi connectivity index (χ0v) is 17.3. The van der Waals surface area contributed by atoms with Crippen molar-refractivity contribution < 1.29 is 19.4 Å². The number of nitrogens with zero attached hydrogens (tertiary/aromatic N) is 2. The molecule has 8 nitrogen and oxygen atoms in total. The summed E-state index contributed by atoms with van der Waals surface area (Å²) in [6.07, 6.45) is 1.92. The molecule has 0 radical (unpaired) electrons. The van der Waals surface area contributed by atoms with Crippen molar-refractivity contribution in [1.82, 2.24) is 15.3 Å². The number of allylic oxidation sites excluding steroid dienone is 1. The Morgan fingerprint density at radius 1 is 1.37 bits per heavy atom. The molecular formula is C18H28N4O4S. The van der Waals surface area contributed by atoms with Crippen LogP contribution in [0.3, 0.4) is 0 Å². The smallest absolute Gasteiger partial charge is 0.312 e. The summed E-state index contributed by atoms with van der Waals surface area (Å²) in [4.78, 5) is 32.9. The molecule has 1 aromatic heterocycles. The summed E-state index contributed by atoms with van der Waals surface area (Å²) in [6, 6.07) is 0. The Labute approximate surface area is 164 Å². The number of thioether (sulfide) groups is 1. The van der Waals surface area contributed by atoms with E-state index in [2.05, 4.69) is 15.3 Å². The molecule has 1 rings (SSSR count). The number of ether oxygens (including phenoxy) is 1. The van der Waals surface area contributed by atoms with E-state index in [-0.39, 0.29) is 36.7 Å². The van der Waals surface area contributed by atoms with Gasteiger partial charge in [0.15, 0.2) is 0 Å². The molecule has 0 fully saturated rings. The minimum Gasteiger partial charge on any atom is -0.454 e. The lowest BCUT2D eigenvalue weighted by Crippen LogP contribution is -2.25. The van der Waals surface area contributed by atoms with Gasteiger partial charge in [-0.05, 0) is 34.6 Å². The molecule has 0 spiro atoms. The third-order valence-electron chi connectivity index (χ3n) is 3.49. The first-order chi connectivity index (χ1) is 12.5. The molecule has 4 N–H and O–H groups in total. The number of anilines is 1. The van der Waals surface area contributed by atoms with E-state index in [4.69, 9.17) is 10.5 Å². The van der Waals surface area contributed by atoms with Crippen molar-refractivity contribution in [3.8, 4) is 0 Å². The molecule has 0 aliphatic carbocycles. The van der Waals surface area contributed by atoms with Gasteiger partial charge in [-0.2, -0.15) is 0 Å². The van der Waals surface area contributed by atoms with E-state index in [1.54, 1.807) is 34.6 Å². The quantitative estimate of drug-likeness (QED) is 0.449. The molecule has 9 heteroatoms. The highest BCUT2D eigenvalue weighted by atomic mass is 32.2. The van der Waals surface area contributed by atoms with E-state index in [1.165, 1.54) is 18.0 Å². The third kappa shape index (κ3) is 7.96. The minimum absolute atomic E-state index is 0.0412. The highest BCUT2D eigenvalue weighted by molar-refractivity contribution is 8.02. The van der Waals surface area contributed by atoms with Gasteiger partial charge in [-0.15, -0.1) is 0 Å². The Kier molecular flexibility index (Phi) is 8.71. The van der Waals surface area contributed by atoms with Gasteiger partial charge in [0.1, 0.15) is 17.6 Å². The van der Waals surface area contributed by atoms with Gasteiger partial charge in [0.25, 0.3) is 0 Å². The van der Waals surface area contributed by atoms with Crippen molar-refractivity contribution in [1.29, 1.82) is 0 Å². The fourth-order valence-electron chi connectivity index (χ4n) is 1.98. The molecule has 1 amide bonds. The van der Waals surface area contributed by atoms with Crippen LogP contribution in [0.2, 0.25) is 0 Å². The Bertz CT molecular complexity index is 714. The highest BCUT2D eigenvalue weighted by Gasteiger charge is 2.23. The largest absolute Gasteiger partial charge is 0.454 e. The number of nitrogen functional groups attached to an aromatic ring is 1. The number of carbonyl (C=O) groups excluding carboxylic acids is 2. The Morgan fingerprint density at radius 2 is 2.04 bits per heavy atom. The topological polar surface area (TPSA) is 127 Å². The van der Waals surface area contributed by atoms with Gasteiger partial charge in [0.05, 0.1) is 11.8 Å². The number of carbonyl (C=O) groups is 2. The van der Waals surface area contributed by atoms with Crippen molar-refractivity contribution >= 4 is 29.5 Å². The molecule has 150 valence electrons. The van der Waals surface area contributed by atoms with Gasteiger partial charge < -0.3 is 20.9 Å². The molecule has 0 atom stereocenters. The summed E-state index contributed by atoms with van der Waals surface area (Å²) in [7, 11) is 0. The van der Waals surface area contributed by atoms with Crippen molar-refractivity contribution in [2.75, 3.05) is 18.3 Å². The van der Waals surface area contributed by atoms with E-state index >= 15 is 0 Å². The van der Waals surface area contributed by atoms with E-state index in [9.17, 15) is 14.7 Å². The molecule has 1 heterocycles. The first-order valence-electron chi connectivity index (χ1n) is 8.53. The minimum atomic E-state index is -0.583. The van der Waals surface area contributed by atoms with Crippen LogP contribution in [-0.2, 0) is 20.7 Å². The van der Waals surface area contributed by atoms with Gasteiger partial charge in [0, 0.05) is 35.4 Å². The van der Waals surface area contributed by atoms with Crippen LogP contribution in [0.5, 0.6) is 0 Å². The summed E-state index contributed by atoms with van der Waals surface area (Å²) in [5, 5.41) is 12.0. The Morgan fingerprint density at radius 3 is 2.59 bits per heavy atom. The zero-order chi connectivity index (χ0) is 20.6. The van der Waals surface area contributed by atoms with Gasteiger partial charge >= 0.3 is 5.97 Å². The lowest BCUT2D eigenvalue weighted by Gasteiger charge is -2.17. The number of aryl methyl sites for hydroxylation is 1. The number of esters is 1. The van der Waals surface area contributed by atoms with Crippen LogP contribution in [0.4, 0.5) is 5.82 Å². The van der Waals surface area contributed by atoms with Crippen LogP contribution in [0.15, 0.2) is 16.8 Å². The number of aliphatic hydroxyl groups is 1. The molecule has 0 saturated heterocycles. The molecule has 0 bridgehead atoms. The second-order valence-corrected chi connectivity index (χ2v) is 8.04. The van der Waals surface area contributed by atoms with Crippen molar-refractivity contribution in [3.63, 3.8) is 0 Å². The van der Waals surface area contributed by atoms with Crippen LogP contribution in [-0.4, -0.2) is 39.5 Å². The Hall–Kier alpha value is -2.13. The SMILES string of the molecule is C/C(NC(=O)Cc1cnc(C)nc1N)=C(\CCO)SCOC(=O)C(C)(C)C. The fraction of sp³-hybridized carbons (Fsp3) is 0.556. The van der Waals surface area contributed by atoms with Gasteiger partial charge in [-0.25, -0.2) is 9.97 Å². The maximum Gasteiger partial charge on any atom is 0.312 e. The zero-order valence-electron chi connectivity index (χ0n) is 16.5. The van der Waals surface area contributed by atoms with E-state index in [0.717, 1.165) is 4.91 Å². The number of aromatic nitrogens is 2. The van der Waals surface area contributed by atoms with Crippen molar-refractivity contribution in [2.45, 2.75) is 47.5 Å². The number of amides is 1. The van der Waals surface area contributed by atoms with Crippen molar-refractivity contribution in [3.05, 3.63) is 28.2 Å². The molecule has 0 saturated carbocycles. The number of rotatable bonds is 8. The highest BCUT2D eigenvalue weighted by Crippen LogP contribution is 2.24. The summed E-state index contributed by atoms with van der Waals surface area (Å²) in [5.41, 5.74) is 6.36. The molecule has 0 aliphatic rings. The standard InChI is InChI=1S/C18H28N4O4S/c1-11(14(6-7-23)27-10-26-17(25)18(3,4)5)21-15(24)8-13-9-20-12(2)22-16(13)19/h9,23H,6-8,10H2,1-5H3,(H,21,24)(H2,19,20,22)/b14-11-. The van der Waals surface area contributed by atoms with Crippen LogP contribution < -0.4 is 11.1 Å². The maximum absolute atomic E-state index is 12.3. The van der Waals surface area contributed by atoms with E-state index < -0.39 is 5.41 Å². The lowest BCUT2D eigenvalue weighted by atomic mass is 9.98. The van der Waals surface area contributed by atoms with Crippen LogP contribution >= 0.6 is 11.8 Å². The van der Waals surface area contributed by atoms with Gasteiger partial charge in [-0.1, -0.05) is 11.8 Å². The fourth-order valence-corrected chi connectivity index (χ4v) is 2.80. The van der Waals surface area contributed by atoms with Gasteiger partial charge in [0.2, 0.25) is 5.91 Å². The molecular weight excluding hydrogens is 368 g/mol.